The molecule has 0 spiro atoms. The lowest BCUT2D eigenvalue weighted by Gasteiger charge is -2.15. The number of hydrogen-bond acceptors (Lipinski definition) is 3. The highest BCUT2D eigenvalue weighted by atomic mass is 19.1. The first kappa shape index (κ1) is 15.3. The average molecular weight is 314 g/mol. The third-order valence-corrected chi connectivity index (χ3v) is 4.10. The number of carbonyl (C=O) groups excluding carboxylic acids is 1. The van der Waals surface area contributed by atoms with Crippen molar-refractivity contribution in [3.05, 3.63) is 53.6 Å². The lowest BCUT2D eigenvalue weighted by molar-refractivity contribution is -0.129. The largest absolute Gasteiger partial charge is 0.396 e. The minimum absolute atomic E-state index is 0.0678. The van der Waals surface area contributed by atoms with Gasteiger partial charge in [-0.3, -0.25) is 9.89 Å². The second kappa shape index (κ2) is 6.64. The van der Waals surface area contributed by atoms with Crippen molar-refractivity contribution in [1.29, 1.82) is 0 Å². The maximum Gasteiger partial charge on any atom is 0.226 e. The number of aromatic nitrogens is 2. The number of nitrogens with one attached hydrogen (secondary N) is 1. The van der Waals surface area contributed by atoms with Gasteiger partial charge in [0.15, 0.2) is 0 Å². The fourth-order valence-corrected chi connectivity index (χ4v) is 2.89. The van der Waals surface area contributed by atoms with Gasteiger partial charge in [-0.15, -0.1) is 0 Å². The maximum atomic E-state index is 13.1. The summed E-state index contributed by atoms with van der Waals surface area (Å²) < 4.78 is 13.1. The molecule has 1 unspecified atom stereocenters. The number of hydrogen-bond donors (Lipinski definition) is 2. The molecule has 1 aliphatic rings. The Balaban J connectivity index is 1.54. The molecule has 0 bridgehead atoms. The molecule has 23 heavy (non-hydrogen) atoms. The van der Waals surface area contributed by atoms with Gasteiger partial charge >= 0.3 is 0 Å². The minimum atomic E-state index is -0.280. The van der Waals surface area contributed by atoms with Crippen LogP contribution in [0.2, 0.25) is 0 Å². The number of halogens is 1. The van der Waals surface area contributed by atoms with E-state index in [1.807, 2.05) is 4.90 Å². The second-order valence-corrected chi connectivity index (χ2v) is 5.73. The standard InChI is InChI=1S/C17H19FN4O/c18-14-5-1-3-12(9-14)4-2-6-16(23)22-8-7-13(11-22)17-15(19)10-20-21-17/h1-5,9-10,13H,6-8,11,19H2,(H,20,21)/b4-2+. The van der Waals surface area contributed by atoms with E-state index in [9.17, 15) is 9.18 Å². The molecule has 0 saturated carbocycles. The monoisotopic (exact) mass is 314 g/mol. The summed E-state index contributed by atoms with van der Waals surface area (Å²) in [5.74, 6) is 0.00453. The summed E-state index contributed by atoms with van der Waals surface area (Å²) >= 11 is 0. The third-order valence-electron chi connectivity index (χ3n) is 4.10. The Hall–Kier alpha value is -2.63. The quantitative estimate of drug-likeness (QED) is 0.910. The third kappa shape index (κ3) is 3.59. The highest BCUT2D eigenvalue weighted by Crippen LogP contribution is 2.29. The van der Waals surface area contributed by atoms with Crippen molar-refractivity contribution < 1.29 is 9.18 Å². The van der Waals surface area contributed by atoms with E-state index in [1.165, 1.54) is 12.1 Å². The Labute approximate surface area is 134 Å². The first-order chi connectivity index (χ1) is 11.1. The summed E-state index contributed by atoms with van der Waals surface area (Å²) in [6.07, 6.45) is 6.32. The SMILES string of the molecule is Nc1cn[nH]c1C1CCN(C(=O)C/C=C/c2cccc(F)c2)C1. The van der Waals surface area contributed by atoms with Crippen molar-refractivity contribution in [3.8, 4) is 0 Å². The van der Waals surface area contributed by atoms with Crippen molar-refractivity contribution in [3.63, 3.8) is 0 Å². The van der Waals surface area contributed by atoms with Crippen LogP contribution in [-0.2, 0) is 4.79 Å². The minimum Gasteiger partial charge on any atom is -0.396 e. The van der Waals surface area contributed by atoms with Crippen LogP contribution in [0.5, 0.6) is 0 Å². The van der Waals surface area contributed by atoms with Crippen LogP contribution < -0.4 is 5.73 Å². The highest BCUT2D eigenvalue weighted by molar-refractivity contribution is 5.79. The molecule has 1 aromatic carbocycles. The first-order valence-electron chi connectivity index (χ1n) is 7.62. The molecule has 0 aliphatic carbocycles. The van der Waals surface area contributed by atoms with Gasteiger partial charge in [0, 0.05) is 25.4 Å². The zero-order valence-corrected chi connectivity index (χ0v) is 12.7. The molecule has 3 rings (SSSR count). The topological polar surface area (TPSA) is 75.0 Å². The van der Waals surface area contributed by atoms with Crippen molar-refractivity contribution in [2.24, 2.45) is 0 Å². The van der Waals surface area contributed by atoms with Gasteiger partial charge in [0.25, 0.3) is 0 Å². The molecule has 1 amide bonds. The maximum absolute atomic E-state index is 13.1. The van der Waals surface area contributed by atoms with E-state index in [4.69, 9.17) is 5.73 Å². The molecule has 2 aromatic rings. The molecular formula is C17H19FN4O. The van der Waals surface area contributed by atoms with Crippen LogP contribution in [0, 0.1) is 5.82 Å². The van der Waals surface area contributed by atoms with Crippen LogP contribution >= 0.6 is 0 Å². The molecular weight excluding hydrogens is 295 g/mol. The summed E-state index contributed by atoms with van der Waals surface area (Å²) in [5, 5.41) is 6.85. The van der Waals surface area contributed by atoms with Crippen LogP contribution in [0.1, 0.15) is 30.0 Å². The van der Waals surface area contributed by atoms with Crippen molar-refractivity contribution >= 4 is 17.7 Å². The molecule has 1 aliphatic heterocycles. The molecule has 2 heterocycles. The number of nitrogens with two attached hydrogens (primary N) is 1. The Kier molecular flexibility index (Phi) is 4.41. The zero-order valence-electron chi connectivity index (χ0n) is 12.7. The summed E-state index contributed by atoms with van der Waals surface area (Å²) in [7, 11) is 0. The van der Waals surface area contributed by atoms with E-state index in [0.717, 1.165) is 24.2 Å². The molecule has 6 heteroatoms. The van der Waals surface area contributed by atoms with Crippen LogP contribution in [0.25, 0.3) is 6.08 Å². The molecule has 1 atom stereocenters. The Morgan fingerprint density at radius 2 is 2.39 bits per heavy atom. The second-order valence-electron chi connectivity index (χ2n) is 5.73. The summed E-state index contributed by atoms with van der Waals surface area (Å²) in [5.41, 5.74) is 8.17. The highest BCUT2D eigenvalue weighted by Gasteiger charge is 2.28. The van der Waals surface area contributed by atoms with Gasteiger partial charge in [-0.2, -0.15) is 5.10 Å². The Morgan fingerprint density at radius 1 is 1.52 bits per heavy atom. The number of amides is 1. The van der Waals surface area contributed by atoms with Gasteiger partial charge in [-0.25, -0.2) is 4.39 Å². The van der Waals surface area contributed by atoms with Crippen LogP contribution in [-0.4, -0.2) is 34.1 Å². The number of benzene rings is 1. The zero-order chi connectivity index (χ0) is 16.2. The lowest BCUT2D eigenvalue weighted by atomic mass is 10.0. The van der Waals surface area contributed by atoms with E-state index in [1.54, 1.807) is 30.5 Å². The number of nitrogen functional groups attached to an aromatic ring is 1. The van der Waals surface area contributed by atoms with Gasteiger partial charge in [0.1, 0.15) is 5.82 Å². The fraction of sp³-hybridized carbons (Fsp3) is 0.294. The molecule has 1 saturated heterocycles. The summed E-state index contributed by atoms with van der Waals surface area (Å²) in [6, 6.07) is 6.29. The molecule has 0 radical (unpaired) electrons. The molecule has 3 N–H and O–H groups in total. The molecule has 5 nitrogen and oxygen atoms in total. The number of H-pyrrole nitrogens is 1. The first-order valence-corrected chi connectivity index (χ1v) is 7.62. The Bertz CT molecular complexity index is 725. The Morgan fingerprint density at radius 3 is 3.13 bits per heavy atom. The van der Waals surface area contributed by atoms with Crippen LogP contribution in [0.15, 0.2) is 36.5 Å². The van der Waals surface area contributed by atoms with Crippen molar-refractivity contribution in [2.45, 2.75) is 18.8 Å². The number of carbonyl (C=O) groups is 1. The predicted molar refractivity (Wildman–Crippen MR) is 87.0 cm³/mol. The number of nitrogens with zero attached hydrogens (tertiary/aromatic N) is 2. The van der Waals surface area contributed by atoms with Gasteiger partial charge in [-0.1, -0.05) is 24.3 Å². The molecule has 120 valence electrons. The normalized spacial score (nSPS) is 18.0. The number of rotatable bonds is 4. The predicted octanol–water partition coefficient (Wildman–Crippen LogP) is 2.55. The fourth-order valence-electron chi connectivity index (χ4n) is 2.89. The van der Waals surface area contributed by atoms with Crippen molar-refractivity contribution in [1.82, 2.24) is 15.1 Å². The number of likely N-dealkylation sites (tertiary alicyclic amines) is 1. The van der Waals surface area contributed by atoms with Crippen molar-refractivity contribution in [2.75, 3.05) is 18.8 Å². The summed E-state index contributed by atoms with van der Waals surface area (Å²) in [4.78, 5) is 14.1. The van der Waals surface area contributed by atoms with Gasteiger partial charge in [0.2, 0.25) is 5.91 Å². The van der Waals surface area contributed by atoms with E-state index < -0.39 is 0 Å². The van der Waals surface area contributed by atoms with E-state index >= 15 is 0 Å². The van der Waals surface area contributed by atoms with E-state index in [0.29, 0.717) is 18.7 Å². The lowest BCUT2D eigenvalue weighted by Crippen LogP contribution is -2.27. The molecule has 1 fully saturated rings. The summed E-state index contributed by atoms with van der Waals surface area (Å²) in [6.45, 7) is 1.37. The van der Waals surface area contributed by atoms with E-state index in [2.05, 4.69) is 10.2 Å². The van der Waals surface area contributed by atoms with E-state index in [-0.39, 0.29) is 17.6 Å². The van der Waals surface area contributed by atoms with Crippen LogP contribution in [0.4, 0.5) is 10.1 Å². The van der Waals surface area contributed by atoms with Gasteiger partial charge < -0.3 is 10.6 Å². The average Bonchev–Trinajstić information content (AvgIpc) is 3.15. The smallest absolute Gasteiger partial charge is 0.226 e. The molecule has 1 aromatic heterocycles. The number of anilines is 1. The number of aromatic amines is 1. The van der Waals surface area contributed by atoms with Gasteiger partial charge in [0.05, 0.1) is 17.6 Å². The van der Waals surface area contributed by atoms with Gasteiger partial charge in [-0.05, 0) is 24.1 Å². The van der Waals surface area contributed by atoms with Crippen LogP contribution in [0.3, 0.4) is 0 Å².